The molecule has 0 aromatic rings. The van der Waals surface area contributed by atoms with Gasteiger partial charge in [-0.05, 0) is 25.4 Å². The summed E-state index contributed by atoms with van der Waals surface area (Å²) in [4.78, 5) is 2.20. The van der Waals surface area contributed by atoms with Crippen molar-refractivity contribution in [2.75, 3.05) is 37.7 Å². The van der Waals surface area contributed by atoms with Gasteiger partial charge in [0, 0.05) is 18.8 Å². The van der Waals surface area contributed by atoms with E-state index < -0.39 is 9.84 Å². The van der Waals surface area contributed by atoms with Crippen molar-refractivity contribution in [2.24, 2.45) is 11.7 Å². The molecule has 1 aliphatic heterocycles. The zero-order valence-corrected chi connectivity index (χ0v) is 9.59. The van der Waals surface area contributed by atoms with E-state index in [1.807, 2.05) is 0 Å². The number of likely N-dealkylation sites (tertiary alicyclic amines) is 1. The molecule has 1 rings (SSSR count). The molecule has 0 saturated carbocycles. The number of nitrogens with zero attached hydrogens (tertiary/aromatic N) is 1. The summed E-state index contributed by atoms with van der Waals surface area (Å²) < 4.78 is 22.5. The second-order valence-electron chi connectivity index (χ2n) is 3.93. The van der Waals surface area contributed by atoms with Gasteiger partial charge in [0.1, 0.15) is 0 Å². The van der Waals surface area contributed by atoms with Gasteiger partial charge in [-0.1, -0.05) is 6.92 Å². The van der Waals surface area contributed by atoms with Crippen molar-refractivity contribution in [2.45, 2.75) is 13.3 Å². The Kier molecular flexibility index (Phi) is 4.34. The predicted molar refractivity (Wildman–Crippen MR) is 57.9 cm³/mol. The topological polar surface area (TPSA) is 63.4 Å². The second kappa shape index (κ2) is 5.09. The van der Waals surface area contributed by atoms with Gasteiger partial charge in [-0.2, -0.15) is 0 Å². The Labute approximate surface area is 86.4 Å². The van der Waals surface area contributed by atoms with E-state index in [-0.39, 0.29) is 5.75 Å². The van der Waals surface area contributed by atoms with Crippen molar-refractivity contribution in [1.29, 1.82) is 0 Å². The molecule has 0 amide bonds. The fraction of sp³-hybridized carbons (Fsp3) is 1.00. The monoisotopic (exact) mass is 220 g/mol. The van der Waals surface area contributed by atoms with Crippen LogP contribution in [0.25, 0.3) is 0 Å². The van der Waals surface area contributed by atoms with E-state index in [0.29, 0.717) is 18.2 Å². The van der Waals surface area contributed by atoms with Gasteiger partial charge < -0.3 is 10.6 Å². The first-order chi connectivity index (χ1) is 6.57. The minimum Gasteiger partial charge on any atom is -0.330 e. The highest BCUT2D eigenvalue weighted by Crippen LogP contribution is 2.14. The largest absolute Gasteiger partial charge is 0.330 e. The van der Waals surface area contributed by atoms with Gasteiger partial charge in [0.25, 0.3) is 0 Å². The quantitative estimate of drug-likeness (QED) is 0.691. The summed E-state index contributed by atoms with van der Waals surface area (Å²) >= 11 is 0. The number of hydrogen-bond acceptors (Lipinski definition) is 4. The molecule has 0 radical (unpaired) electrons. The van der Waals surface area contributed by atoms with E-state index >= 15 is 0 Å². The summed E-state index contributed by atoms with van der Waals surface area (Å²) in [6.07, 6.45) is 1.11. The zero-order chi connectivity index (χ0) is 10.6. The normalized spacial score (nSPS) is 24.3. The maximum atomic E-state index is 11.3. The third kappa shape index (κ3) is 3.55. The lowest BCUT2D eigenvalue weighted by Crippen LogP contribution is -2.29. The molecule has 1 aliphatic rings. The third-order valence-electron chi connectivity index (χ3n) is 2.86. The van der Waals surface area contributed by atoms with Crippen LogP contribution in [-0.4, -0.2) is 51.0 Å². The fourth-order valence-corrected chi connectivity index (χ4v) is 2.55. The van der Waals surface area contributed by atoms with Crippen molar-refractivity contribution < 1.29 is 8.42 Å². The van der Waals surface area contributed by atoms with Gasteiger partial charge in [-0.3, -0.25) is 0 Å². The average Bonchev–Trinajstić information content (AvgIpc) is 2.63. The highest BCUT2D eigenvalue weighted by molar-refractivity contribution is 7.91. The van der Waals surface area contributed by atoms with E-state index in [1.54, 1.807) is 6.92 Å². The molecule has 0 bridgehead atoms. The van der Waals surface area contributed by atoms with Gasteiger partial charge in [0.15, 0.2) is 9.84 Å². The Morgan fingerprint density at radius 2 is 2.21 bits per heavy atom. The second-order valence-corrected chi connectivity index (χ2v) is 6.40. The SMILES string of the molecule is CCS(=O)(=O)CCN1CCC(CN)C1. The Morgan fingerprint density at radius 1 is 1.50 bits per heavy atom. The summed E-state index contributed by atoms with van der Waals surface area (Å²) in [7, 11) is -2.80. The minimum atomic E-state index is -2.80. The molecule has 0 spiro atoms. The molecule has 1 saturated heterocycles. The van der Waals surface area contributed by atoms with E-state index in [0.717, 1.165) is 26.1 Å². The molecular formula is C9H20N2O2S. The van der Waals surface area contributed by atoms with Gasteiger partial charge >= 0.3 is 0 Å². The average molecular weight is 220 g/mol. The van der Waals surface area contributed by atoms with Gasteiger partial charge in [0.2, 0.25) is 0 Å². The first-order valence-corrected chi connectivity index (χ1v) is 7.02. The molecule has 0 aromatic heterocycles. The highest BCUT2D eigenvalue weighted by Gasteiger charge is 2.22. The summed E-state index contributed by atoms with van der Waals surface area (Å²) in [5, 5.41) is 0. The van der Waals surface area contributed by atoms with E-state index in [9.17, 15) is 8.42 Å². The van der Waals surface area contributed by atoms with E-state index in [2.05, 4.69) is 4.90 Å². The molecule has 2 N–H and O–H groups in total. The van der Waals surface area contributed by atoms with Crippen LogP contribution in [0.15, 0.2) is 0 Å². The molecule has 84 valence electrons. The van der Waals surface area contributed by atoms with Crippen LogP contribution >= 0.6 is 0 Å². The zero-order valence-electron chi connectivity index (χ0n) is 8.78. The molecule has 1 fully saturated rings. The maximum Gasteiger partial charge on any atom is 0.151 e. The molecule has 14 heavy (non-hydrogen) atoms. The first kappa shape index (κ1) is 11.9. The number of nitrogens with two attached hydrogens (primary N) is 1. The van der Waals surface area contributed by atoms with Crippen molar-refractivity contribution in [3.05, 3.63) is 0 Å². The minimum absolute atomic E-state index is 0.251. The number of rotatable bonds is 5. The standard InChI is InChI=1S/C9H20N2O2S/c1-2-14(12,13)6-5-11-4-3-9(7-10)8-11/h9H,2-8,10H2,1H3. The lowest BCUT2D eigenvalue weighted by Gasteiger charge is -2.14. The molecule has 1 heterocycles. The summed E-state index contributed by atoms with van der Waals surface area (Å²) in [6.45, 7) is 5.06. The Hall–Kier alpha value is -0.130. The van der Waals surface area contributed by atoms with Crippen molar-refractivity contribution in [1.82, 2.24) is 4.90 Å². The number of sulfone groups is 1. The van der Waals surface area contributed by atoms with Crippen LogP contribution in [0, 0.1) is 5.92 Å². The molecular weight excluding hydrogens is 200 g/mol. The fourth-order valence-electron chi connectivity index (χ4n) is 1.72. The highest BCUT2D eigenvalue weighted by atomic mass is 32.2. The van der Waals surface area contributed by atoms with E-state index in [1.165, 1.54) is 0 Å². The lowest BCUT2D eigenvalue weighted by molar-refractivity contribution is 0.344. The third-order valence-corrected chi connectivity index (χ3v) is 4.55. The Bertz CT molecular complexity index is 264. The molecule has 1 atom stereocenters. The molecule has 0 aliphatic carbocycles. The van der Waals surface area contributed by atoms with Crippen LogP contribution in [0.1, 0.15) is 13.3 Å². The summed E-state index contributed by atoms with van der Waals surface area (Å²) in [5.74, 6) is 1.11. The maximum absolute atomic E-state index is 11.3. The smallest absolute Gasteiger partial charge is 0.151 e. The predicted octanol–water partition coefficient (Wildman–Crippen LogP) is -0.298. The summed E-state index contributed by atoms with van der Waals surface area (Å²) in [5.41, 5.74) is 5.56. The van der Waals surface area contributed by atoms with Gasteiger partial charge in [0.05, 0.1) is 5.75 Å². The van der Waals surface area contributed by atoms with Crippen molar-refractivity contribution in [3.8, 4) is 0 Å². The Balaban J connectivity index is 2.27. The van der Waals surface area contributed by atoms with Gasteiger partial charge in [-0.25, -0.2) is 8.42 Å². The van der Waals surface area contributed by atoms with Crippen LogP contribution < -0.4 is 5.73 Å². The number of hydrogen-bond donors (Lipinski definition) is 1. The van der Waals surface area contributed by atoms with Crippen LogP contribution in [0.3, 0.4) is 0 Å². The Morgan fingerprint density at radius 3 is 2.71 bits per heavy atom. The van der Waals surface area contributed by atoms with Crippen LogP contribution in [0.2, 0.25) is 0 Å². The van der Waals surface area contributed by atoms with Crippen molar-refractivity contribution >= 4 is 9.84 Å². The first-order valence-electron chi connectivity index (χ1n) is 5.20. The molecule has 4 nitrogen and oxygen atoms in total. The van der Waals surface area contributed by atoms with Crippen LogP contribution in [0.5, 0.6) is 0 Å². The van der Waals surface area contributed by atoms with Crippen LogP contribution in [0.4, 0.5) is 0 Å². The molecule has 1 unspecified atom stereocenters. The van der Waals surface area contributed by atoms with Crippen molar-refractivity contribution in [3.63, 3.8) is 0 Å². The molecule has 0 aromatic carbocycles. The molecule has 5 heteroatoms. The van der Waals surface area contributed by atoms with E-state index in [4.69, 9.17) is 5.73 Å². The summed E-state index contributed by atoms with van der Waals surface area (Å²) in [6, 6.07) is 0. The lowest BCUT2D eigenvalue weighted by atomic mass is 10.1. The van der Waals surface area contributed by atoms with Crippen LogP contribution in [-0.2, 0) is 9.84 Å². The van der Waals surface area contributed by atoms with Gasteiger partial charge in [-0.15, -0.1) is 0 Å².